The van der Waals surface area contributed by atoms with Crippen molar-refractivity contribution in [3.63, 3.8) is 0 Å². The molecule has 0 saturated carbocycles. The highest BCUT2D eigenvalue weighted by Crippen LogP contribution is 2.29. The molecule has 6 heteroatoms. The molecule has 120 valence electrons. The lowest BCUT2D eigenvalue weighted by atomic mass is 9.97. The van der Waals surface area contributed by atoms with Crippen molar-refractivity contribution in [2.45, 2.75) is 18.7 Å². The van der Waals surface area contributed by atoms with Crippen molar-refractivity contribution < 1.29 is 18.7 Å². The van der Waals surface area contributed by atoms with E-state index >= 15 is 0 Å². The summed E-state index contributed by atoms with van der Waals surface area (Å²) in [6.45, 7) is 0.184. The highest BCUT2D eigenvalue weighted by Gasteiger charge is 2.39. The quantitative estimate of drug-likeness (QED) is 0.928. The van der Waals surface area contributed by atoms with Gasteiger partial charge in [-0.15, -0.1) is 0 Å². The molecular formula is C17H18N2O4. The highest BCUT2D eigenvalue weighted by molar-refractivity contribution is 5.86. The van der Waals surface area contributed by atoms with Gasteiger partial charge in [-0.1, -0.05) is 30.3 Å². The molecule has 2 amide bonds. The number of likely N-dealkylation sites (N-methyl/N-ethyl adjacent to an activating group) is 1. The van der Waals surface area contributed by atoms with Gasteiger partial charge in [0.05, 0.1) is 18.8 Å². The predicted octanol–water partition coefficient (Wildman–Crippen LogP) is 1.49. The first-order valence-corrected chi connectivity index (χ1v) is 7.39. The average molecular weight is 314 g/mol. The smallest absolute Gasteiger partial charge is 0.252 e. The number of hydrogen-bond donors (Lipinski definition) is 1. The maximum absolute atomic E-state index is 12.5. The fourth-order valence-corrected chi connectivity index (χ4v) is 2.67. The van der Waals surface area contributed by atoms with Crippen molar-refractivity contribution in [2.24, 2.45) is 0 Å². The number of ether oxygens (including phenoxy) is 1. The van der Waals surface area contributed by atoms with Gasteiger partial charge in [-0.05, 0) is 17.7 Å². The van der Waals surface area contributed by atoms with E-state index in [1.807, 2.05) is 30.3 Å². The number of hydrogen-bond acceptors (Lipinski definition) is 4. The molecule has 2 heterocycles. The summed E-state index contributed by atoms with van der Waals surface area (Å²) < 4.78 is 10.7. The maximum atomic E-state index is 12.5. The Hall–Kier alpha value is -2.60. The molecule has 1 aliphatic rings. The van der Waals surface area contributed by atoms with Crippen LogP contribution in [0.15, 0.2) is 53.1 Å². The zero-order valence-electron chi connectivity index (χ0n) is 12.8. The molecule has 0 spiro atoms. The highest BCUT2D eigenvalue weighted by atomic mass is 16.5. The van der Waals surface area contributed by atoms with Crippen molar-refractivity contribution in [3.05, 3.63) is 60.1 Å². The Morgan fingerprint density at radius 1 is 1.26 bits per heavy atom. The molecule has 6 nitrogen and oxygen atoms in total. The van der Waals surface area contributed by atoms with E-state index in [0.29, 0.717) is 5.76 Å². The molecule has 1 fully saturated rings. The van der Waals surface area contributed by atoms with Gasteiger partial charge < -0.3 is 19.4 Å². The van der Waals surface area contributed by atoms with Crippen molar-refractivity contribution in [3.8, 4) is 0 Å². The number of morpholine rings is 1. The van der Waals surface area contributed by atoms with E-state index in [4.69, 9.17) is 9.15 Å². The van der Waals surface area contributed by atoms with E-state index in [9.17, 15) is 9.59 Å². The molecule has 0 radical (unpaired) electrons. The molecule has 1 N–H and O–H groups in total. The molecule has 1 aliphatic heterocycles. The summed E-state index contributed by atoms with van der Waals surface area (Å²) in [6.07, 6.45) is 0.799. The van der Waals surface area contributed by atoms with Crippen LogP contribution in [0, 0.1) is 0 Å². The van der Waals surface area contributed by atoms with E-state index in [2.05, 4.69) is 5.32 Å². The molecule has 23 heavy (non-hydrogen) atoms. The number of nitrogens with one attached hydrogen (secondary N) is 1. The van der Waals surface area contributed by atoms with Gasteiger partial charge in [0.1, 0.15) is 12.4 Å². The first-order chi connectivity index (χ1) is 11.2. The van der Waals surface area contributed by atoms with Crippen LogP contribution in [-0.4, -0.2) is 36.5 Å². The van der Waals surface area contributed by atoms with Gasteiger partial charge in [0.2, 0.25) is 5.91 Å². The number of nitrogens with zero attached hydrogens (tertiary/aromatic N) is 1. The zero-order chi connectivity index (χ0) is 16.2. The Morgan fingerprint density at radius 2 is 2.04 bits per heavy atom. The van der Waals surface area contributed by atoms with E-state index in [1.165, 1.54) is 0 Å². The molecule has 1 saturated heterocycles. The summed E-state index contributed by atoms with van der Waals surface area (Å²) in [7, 11) is 1.69. The van der Waals surface area contributed by atoms with Crippen LogP contribution in [-0.2, 0) is 20.9 Å². The van der Waals surface area contributed by atoms with E-state index in [1.54, 1.807) is 30.3 Å². The Bertz CT molecular complexity index is 669. The number of benzene rings is 1. The molecule has 1 aromatic carbocycles. The molecule has 2 atom stereocenters. The SMILES string of the molecule is CN1C(=O)CO[C@@H](C(=O)NCc2ccco2)[C@H]1c1ccccc1. The predicted molar refractivity (Wildman–Crippen MR) is 82.2 cm³/mol. The first kappa shape index (κ1) is 15.3. The molecule has 0 unspecified atom stereocenters. The third-order valence-corrected chi connectivity index (χ3v) is 3.90. The van der Waals surface area contributed by atoms with Crippen LogP contribution in [0.1, 0.15) is 17.4 Å². The standard InChI is InChI=1S/C17H18N2O4/c1-19-14(20)11-23-16(15(19)12-6-3-2-4-7-12)17(21)18-10-13-8-5-9-22-13/h2-9,15-16H,10-11H2,1H3,(H,18,21)/t15-,16-/m1/s1. The third kappa shape index (κ3) is 3.27. The summed E-state index contributed by atoms with van der Waals surface area (Å²) in [5, 5.41) is 2.79. The van der Waals surface area contributed by atoms with Crippen LogP contribution in [0.5, 0.6) is 0 Å². The van der Waals surface area contributed by atoms with Crippen molar-refractivity contribution in [1.29, 1.82) is 0 Å². The number of furan rings is 1. The Morgan fingerprint density at radius 3 is 2.74 bits per heavy atom. The van der Waals surface area contributed by atoms with Crippen LogP contribution in [0.25, 0.3) is 0 Å². The lowest BCUT2D eigenvalue weighted by molar-refractivity contribution is -0.162. The van der Waals surface area contributed by atoms with Gasteiger partial charge in [0.15, 0.2) is 6.10 Å². The molecule has 1 aromatic heterocycles. The van der Waals surface area contributed by atoms with Gasteiger partial charge in [-0.25, -0.2) is 0 Å². The summed E-state index contributed by atoms with van der Waals surface area (Å²) in [5.41, 5.74) is 0.862. The second kappa shape index (κ2) is 6.66. The van der Waals surface area contributed by atoms with E-state index in [0.717, 1.165) is 5.56 Å². The van der Waals surface area contributed by atoms with Crippen molar-refractivity contribution >= 4 is 11.8 Å². The van der Waals surface area contributed by atoms with E-state index in [-0.39, 0.29) is 25.0 Å². The molecule has 3 rings (SSSR count). The lowest BCUT2D eigenvalue weighted by Gasteiger charge is -2.38. The van der Waals surface area contributed by atoms with Crippen LogP contribution < -0.4 is 5.32 Å². The molecule has 0 bridgehead atoms. The Balaban J connectivity index is 1.77. The normalized spacial score (nSPS) is 21.3. The number of carbonyl (C=O) groups is 2. The Kier molecular flexibility index (Phi) is 4.43. The fourth-order valence-electron chi connectivity index (χ4n) is 2.67. The van der Waals surface area contributed by atoms with Crippen LogP contribution in [0.3, 0.4) is 0 Å². The average Bonchev–Trinajstić information content (AvgIpc) is 3.09. The first-order valence-electron chi connectivity index (χ1n) is 7.39. The van der Waals surface area contributed by atoms with Gasteiger partial charge >= 0.3 is 0 Å². The van der Waals surface area contributed by atoms with Crippen molar-refractivity contribution in [2.75, 3.05) is 13.7 Å². The lowest BCUT2D eigenvalue weighted by Crippen LogP contribution is -2.52. The molecule has 2 aromatic rings. The van der Waals surface area contributed by atoms with E-state index < -0.39 is 12.1 Å². The largest absolute Gasteiger partial charge is 0.467 e. The minimum absolute atomic E-state index is 0.0985. The maximum Gasteiger partial charge on any atom is 0.252 e. The van der Waals surface area contributed by atoms with Gasteiger partial charge in [-0.2, -0.15) is 0 Å². The number of amides is 2. The van der Waals surface area contributed by atoms with Gasteiger partial charge in [-0.3, -0.25) is 9.59 Å². The van der Waals surface area contributed by atoms with Crippen LogP contribution >= 0.6 is 0 Å². The summed E-state index contributed by atoms with van der Waals surface area (Å²) in [4.78, 5) is 26.0. The topological polar surface area (TPSA) is 71.8 Å². The third-order valence-electron chi connectivity index (χ3n) is 3.90. The molecular weight excluding hydrogens is 296 g/mol. The minimum atomic E-state index is -0.755. The van der Waals surface area contributed by atoms with Gasteiger partial charge in [0, 0.05) is 7.05 Å². The monoisotopic (exact) mass is 314 g/mol. The number of rotatable bonds is 4. The second-order valence-electron chi connectivity index (χ2n) is 5.39. The number of carbonyl (C=O) groups excluding carboxylic acids is 2. The summed E-state index contributed by atoms with van der Waals surface area (Å²) >= 11 is 0. The van der Waals surface area contributed by atoms with Crippen LogP contribution in [0.4, 0.5) is 0 Å². The minimum Gasteiger partial charge on any atom is -0.467 e. The fraction of sp³-hybridized carbons (Fsp3) is 0.294. The summed E-state index contributed by atoms with van der Waals surface area (Å²) in [6, 6.07) is 12.5. The van der Waals surface area contributed by atoms with Crippen molar-refractivity contribution in [1.82, 2.24) is 10.2 Å². The zero-order valence-corrected chi connectivity index (χ0v) is 12.8. The van der Waals surface area contributed by atoms with Crippen LogP contribution in [0.2, 0.25) is 0 Å². The molecule has 0 aliphatic carbocycles. The summed E-state index contributed by atoms with van der Waals surface area (Å²) in [5.74, 6) is 0.249. The Labute approximate surface area is 134 Å². The second-order valence-corrected chi connectivity index (χ2v) is 5.39. The van der Waals surface area contributed by atoms with Gasteiger partial charge in [0.25, 0.3) is 5.91 Å².